The van der Waals surface area contributed by atoms with E-state index in [1.54, 1.807) is 6.08 Å². The molecule has 1 N–H and O–H groups in total. The molecule has 1 aromatic heterocycles. The van der Waals surface area contributed by atoms with E-state index < -0.39 is 0 Å². The van der Waals surface area contributed by atoms with Gasteiger partial charge in [0, 0.05) is 51.4 Å². The number of nitrogens with zero attached hydrogens (tertiary/aromatic N) is 4. The molecule has 26 heavy (non-hydrogen) atoms. The van der Waals surface area contributed by atoms with Gasteiger partial charge in [0.1, 0.15) is 12.4 Å². The van der Waals surface area contributed by atoms with Crippen LogP contribution in [0.3, 0.4) is 0 Å². The molecule has 0 amide bonds. The molecule has 1 aliphatic rings. The predicted molar refractivity (Wildman–Crippen MR) is 104 cm³/mol. The first kappa shape index (κ1) is 18.0. The Balaban J connectivity index is 1.60. The highest BCUT2D eigenvalue weighted by Gasteiger charge is 2.26. The molecule has 0 bridgehead atoms. The van der Waals surface area contributed by atoms with Crippen LogP contribution in [0.5, 0.6) is 5.75 Å². The molecule has 6 heteroatoms. The third kappa shape index (κ3) is 4.25. The SMILES string of the molecule is C=CCOc1ccccc1CNC(=NC)N1CCC(c2cnn(C)c2)C1. The van der Waals surface area contributed by atoms with Crippen LogP contribution in [0.15, 0.2) is 54.3 Å². The van der Waals surface area contributed by atoms with Crippen molar-refractivity contribution < 1.29 is 4.74 Å². The van der Waals surface area contributed by atoms with Crippen molar-refractivity contribution in [2.24, 2.45) is 12.0 Å². The highest BCUT2D eigenvalue weighted by atomic mass is 16.5. The molecule has 1 unspecified atom stereocenters. The lowest BCUT2D eigenvalue weighted by molar-refractivity contribution is 0.358. The molecule has 3 rings (SSSR count). The quantitative estimate of drug-likeness (QED) is 0.493. The molecule has 0 saturated carbocycles. The second-order valence-corrected chi connectivity index (χ2v) is 6.49. The van der Waals surface area contributed by atoms with Gasteiger partial charge >= 0.3 is 0 Å². The molecule has 0 radical (unpaired) electrons. The van der Waals surface area contributed by atoms with Crippen molar-refractivity contribution >= 4 is 5.96 Å². The number of benzene rings is 1. The molecule has 138 valence electrons. The first-order chi connectivity index (χ1) is 12.7. The minimum absolute atomic E-state index is 0.505. The summed E-state index contributed by atoms with van der Waals surface area (Å²) in [5.41, 5.74) is 2.41. The summed E-state index contributed by atoms with van der Waals surface area (Å²) in [5, 5.41) is 7.76. The molecule has 1 saturated heterocycles. The lowest BCUT2D eigenvalue weighted by atomic mass is 10.0. The van der Waals surface area contributed by atoms with Crippen molar-refractivity contribution in [3.63, 3.8) is 0 Å². The fourth-order valence-corrected chi connectivity index (χ4v) is 3.32. The van der Waals surface area contributed by atoms with Gasteiger partial charge in [-0.3, -0.25) is 9.67 Å². The fourth-order valence-electron chi connectivity index (χ4n) is 3.32. The van der Waals surface area contributed by atoms with E-state index in [-0.39, 0.29) is 0 Å². The Kier molecular flexibility index (Phi) is 5.94. The first-order valence-electron chi connectivity index (χ1n) is 8.97. The highest BCUT2D eigenvalue weighted by molar-refractivity contribution is 5.80. The zero-order valence-electron chi connectivity index (χ0n) is 15.6. The van der Waals surface area contributed by atoms with Crippen molar-refractivity contribution in [1.29, 1.82) is 0 Å². The first-order valence-corrected chi connectivity index (χ1v) is 8.97. The molecule has 0 aliphatic carbocycles. The van der Waals surface area contributed by atoms with E-state index in [1.165, 1.54) is 5.56 Å². The monoisotopic (exact) mass is 353 g/mol. The number of hydrogen-bond acceptors (Lipinski definition) is 3. The van der Waals surface area contributed by atoms with Crippen molar-refractivity contribution in [3.8, 4) is 5.75 Å². The van der Waals surface area contributed by atoms with E-state index in [9.17, 15) is 0 Å². The Morgan fingerprint density at radius 3 is 3.04 bits per heavy atom. The van der Waals surface area contributed by atoms with Crippen LogP contribution in [0, 0.1) is 0 Å². The van der Waals surface area contributed by atoms with Crippen LogP contribution in [0.1, 0.15) is 23.5 Å². The van der Waals surface area contributed by atoms with Gasteiger partial charge in [0.2, 0.25) is 0 Å². The van der Waals surface area contributed by atoms with Gasteiger partial charge in [-0.25, -0.2) is 0 Å². The molecule has 1 atom stereocenters. The Morgan fingerprint density at radius 2 is 2.31 bits per heavy atom. The smallest absolute Gasteiger partial charge is 0.193 e. The summed E-state index contributed by atoms with van der Waals surface area (Å²) in [5.74, 6) is 2.31. The Morgan fingerprint density at radius 1 is 1.46 bits per heavy atom. The van der Waals surface area contributed by atoms with Gasteiger partial charge in [-0.1, -0.05) is 30.9 Å². The summed E-state index contributed by atoms with van der Waals surface area (Å²) >= 11 is 0. The number of nitrogens with one attached hydrogen (secondary N) is 1. The van der Waals surface area contributed by atoms with Crippen LogP contribution >= 0.6 is 0 Å². The van der Waals surface area contributed by atoms with Gasteiger partial charge in [-0.15, -0.1) is 0 Å². The van der Waals surface area contributed by atoms with E-state index in [1.807, 2.05) is 43.2 Å². The number of aliphatic imine (C=N–C) groups is 1. The summed E-state index contributed by atoms with van der Waals surface area (Å²) in [4.78, 5) is 6.77. The number of guanidine groups is 1. The summed E-state index contributed by atoms with van der Waals surface area (Å²) in [6, 6.07) is 8.06. The molecule has 0 spiro atoms. The number of likely N-dealkylation sites (tertiary alicyclic amines) is 1. The van der Waals surface area contributed by atoms with Crippen LogP contribution < -0.4 is 10.1 Å². The lowest BCUT2D eigenvalue weighted by Crippen LogP contribution is -2.39. The van der Waals surface area contributed by atoms with Crippen molar-refractivity contribution in [3.05, 3.63) is 60.4 Å². The molecule has 1 aromatic carbocycles. The number of rotatable bonds is 6. The van der Waals surface area contributed by atoms with Crippen LogP contribution in [0.4, 0.5) is 0 Å². The second-order valence-electron chi connectivity index (χ2n) is 6.49. The number of aromatic nitrogens is 2. The minimum atomic E-state index is 0.505. The van der Waals surface area contributed by atoms with Crippen molar-refractivity contribution in [2.45, 2.75) is 18.9 Å². The lowest BCUT2D eigenvalue weighted by Gasteiger charge is -2.22. The van der Waals surface area contributed by atoms with Gasteiger partial charge in [0.25, 0.3) is 0 Å². The average molecular weight is 353 g/mol. The highest BCUT2D eigenvalue weighted by Crippen LogP contribution is 2.26. The van der Waals surface area contributed by atoms with Crippen LogP contribution in [0.25, 0.3) is 0 Å². The van der Waals surface area contributed by atoms with Crippen LogP contribution in [0.2, 0.25) is 0 Å². The van der Waals surface area contributed by atoms with Gasteiger partial charge in [0.15, 0.2) is 5.96 Å². The summed E-state index contributed by atoms with van der Waals surface area (Å²) in [6.45, 7) is 6.84. The third-order valence-electron chi connectivity index (χ3n) is 4.66. The summed E-state index contributed by atoms with van der Waals surface area (Å²) in [7, 11) is 3.79. The molecule has 6 nitrogen and oxygen atoms in total. The zero-order valence-corrected chi connectivity index (χ0v) is 15.6. The van der Waals surface area contributed by atoms with Gasteiger partial charge < -0.3 is 15.0 Å². The van der Waals surface area contributed by atoms with Crippen molar-refractivity contribution in [1.82, 2.24) is 20.0 Å². The normalized spacial score (nSPS) is 17.4. The predicted octanol–water partition coefficient (Wildman–Crippen LogP) is 2.55. The van der Waals surface area contributed by atoms with E-state index in [0.717, 1.165) is 36.8 Å². The van der Waals surface area contributed by atoms with Crippen molar-refractivity contribution in [2.75, 3.05) is 26.7 Å². The Hall–Kier alpha value is -2.76. The second kappa shape index (κ2) is 8.56. The molecule has 2 aromatic rings. The fraction of sp³-hybridized carbons (Fsp3) is 0.400. The number of para-hydroxylation sites is 1. The molecular weight excluding hydrogens is 326 g/mol. The molecule has 1 fully saturated rings. The number of ether oxygens (including phenoxy) is 1. The molecular formula is C20H27N5O. The standard InChI is InChI=1S/C20H27N5O/c1-4-11-26-19-8-6-5-7-16(19)12-22-20(21-2)25-10-9-17(15-25)18-13-23-24(3)14-18/h4-8,13-14,17H,1,9-12,15H2,2-3H3,(H,21,22). The van der Waals surface area contributed by atoms with Crippen LogP contribution in [-0.2, 0) is 13.6 Å². The van der Waals surface area contributed by atoms with E-state index >= 15 is 0 Å². The van der Waals surface area contributed by atoms with E-state index in [4.69, 9.17) is 4.74 Å². The maximum Gasteiger partial charge on any atom is 0.193 e. The summed E-state index contributed by atoms with van der Waals surface area (Å²) in [6.07, 6.45) is 6.95. The van der Waals surface area contributed by atoms with Gasteiger partial charge in [0.05, 0.1) is 6.20 Å². The maximum absolute atomic E-state index is 5.73. The summed E-state index contributed by atoms with van der Waals surface area (Å²) < 4.78 is 7.60. The zero-order chi connectivity index (χ0) is 18.4. The number of hydrogen-bond donors (Lipinski definition) is 1. The van der Waals surface area contributed by atoms with Gasteiger partial charge in [-0.2, -0.15) is 5.10 Å². The van der Waals surface area contributed by atoms with E-state index in [0.29, 0.717) is 19.1 Å². The molecule has 2 heterocycles. The molecule has 1 aliphatic heterocycles. The Bertz CT molecular complexity index is 767. The van der Waals surface area contributed by atoms with E-state index in [2.05, 4.69) is 39.1 Å². The third-order valence-corrected chi connectivity index (χ3v) is 4.66. The average Bonchev–Trinajstić information content (AvgIpc) is 3.30. The van der Waals surface area contributed by atoms with Crippen LogP contribution in [-0.4, -0.2) is 47.4 Å². The Labute approximate surface area is 155 Å². The largest absolute Gasteiger partial charge is 0.489 e. The minimum Gasteiger partial charge on any atom is -0.489 e. The topological polar surface area (TPSA) is 54.7 Å². The maximum atomic E-state index is 5.73. The number of aryl methyl sites for hydroxylation is 1. The van der Waals surface area contributed by atoms with Gasteiger partial charge in [-0.05, 0) is 18.1 Å².